The monoisotopic (exact) mass is 299 g/mol. The molecule has 0 aliphatic rings. The van der Waals surface area contributed by atoms with Gasteiger partial charge in [0.2, 0.25) is 0 Å². The number of rotatable bonds is 5. The van der Waals surface area contributed by atoms with Gasteiger partial charge >= 0.3 is 0 Å². The summed E-state index contributed by atoms with van der Waals surface area (Å²) >= 11 is 5.63. The number of nitro groups is 1. The molecule has 0 spiro atoms. The van der Waals surface area contributed by atoms with E-state index in [0.29, 0.717) is 0 Å². The Morgan fingerprint density at radius 1 is 1.35 bits per heavy atom. The first-order valence-corrected chi connectivity index (χ1v) is 6.07. The SMILES string of the molecule is CC(C)[C@H](NC(=O)c1ccc(Cl)c([N+](=O)[O-])c1)C(=O)[O-]. The van der Waals surface area contributed by atoms with Gasteiger partial charge in [-0.3, -0.25) is 14.9 Å². The van der Waals surface area contributed by atoms with Gasteiger partial charge in [-0.1, -0.05) is 25.4 Å². The molecule has 0 fully saturated rings. The number of aliphatic carboxylic acids is 1. The lowest BCUT2D eigenvalue weighted by Crippen LogP contribution is -2.50. The molecular weight excluding hydrogens is 288 g/mol. The van der Waals surface area contributed by atoms with Crippen molar-refractivity contribution in [3.63, 3.8) is 0 Å². The maximum atomic E-state index is 11.9. The molecule has 0 aliphatic heterocycles. The van der Waals surface area contributed by atoms with E-state index in [1.54, 1.807) is 13.8 Å². The van der Waals surface area contributed by atoms with Gasteiger partial charge in [0.15, 0.2) is 0 Å². The Morgan fingerprint density at radius 3 is 2.40 bits per heavy atom. The molecule has 0 saturated heterocycles. The van der Waals surface area contributed by atoms with E-state index in [-0.39, 0.29) is 16.5 Å². The van der Waals surface area contributed by atoms with Crippen molar-refractivity contribution >= 4 is 29.2 Å². The predicted molar refractivity (Wildman–Crippen MR) is 69.2 cm³/mol. The van der Waals surface area contributed by atoms with Gasteiger partial charge in [-0.15, -0.1) is 0 Å². The van der Waals surface area contributed by atoms with Crippen LogP contribution < -0.4 is 10.4 Å². The van der Waals surface area contributed by atoms with E-state index in [2.05, 4.69) is 5.32 Å². The number of nitrogens with one attached hydrogen (secondary N) is 1. The number of carbonyl (C=O) groups is 2. The number of halogens is 1. The summed E-state index contributed by atoms with van der Waals surface area (Å²) < 4.78 is 0. The zero-order chi connectivity index (χ0) is 15.4. The average Bonchev–Trinajstić information content (AvgIpc) is 2.34. The molecule has 1 amide bonds. The van der Waals surface area contributed by atoms with Gasteiger partial charge in [-0.2, -0.15) is 0 Å². The number of hydrogen-bond acceptors (Lipinski definition) is 5. The van der Waals surface area contributed by atoms with Crippen LogP contribution in [0.1, 0.15) is 24.2 Å². The van der Waals surface area contributed by atoms with Crippen molar-refractivity contribution in [2.24, 2.45) is 5.92 Å². The fraction of sp³-hybridized carbons (Fsp3) is 0.333. The van der Waals surface area contributed by atoms with E-state index in [0.717, 1.165) is 6.07 Å². The van der Waals surface area contributed by atoms with E-state index in [9.17, 15) is 24.8 Å². The number of nitro benzene ring substituents is 1. The summed E-state index contributed by atoms with van der Waals surface area (Å²) in [7, 11) is 0. The number of carboxylic acids is 1. The first-order chi connectivity index (χ1) is 9.23. The highest BCUT2D eigenvalue weighted by molar-refractivity contribution is 6.32. The molecule has 0 bridgehead atoms. The lowest BCUT2D eigenvalue weighted by molar-refractivity contribution is -0.384. The fourth-order valence-corrected chi connectivity index (χ4v) is 1.70. The molecule has 0 saturated carbocycles. The molecule has 1 rings (SSSR count). The third-order valence-electron chi connectivity index (χ3n) is 2.61. The van der Waals surface area contributed by atoms with E-state index in [1.807, 2.05) is 0 Å². The second-order valence-corrected chi connectivity index (χ2v) is 4.84. The van der Waals surface area contributed by atoms with Crippen molar-refractivity contribution in [2.45, 2.75) is 19.9 Å². The molecule has 1 atom stereocenters. The second-order valence-electron chi connectivity index (χ2n) is 4.44. The Kier molecular flexibility index (Phi) is 5.04. The summed E-state index contributed by atoms with van der Waals surface area (Å²) in [4.78, 5) is 32.8. The van der Waals surface area contributed by atoms with Gasteiger partial charge in [0.05, 0.1) is 16.9 Å². The van der Waals surface area contributed by atoms with Crippen LogP contribution in [0.3, 0.4) is 0 Å². The van der Waals surface area contributed by atoms with Crippen molar-refractivity contribution < 1.29 is 19.6 Å². The quantitative estimate of drug-likeness (QED) is 0.637. The zero-order valence-corrected chi connectivity index (χ0v) is 11.5. The number of hydrogen-bond donors (Lipinski definition) is 1. The molecule has 8 heteroatoms. The topological polar surface area (TPSA) is 112 Å². The van der Waals surface area contributed by atoms with E-state index < -0.39 is 28.5 Å². The Hall–Kier alpha value is -2.15. The van der Waals surface area contributed by atoms with Gasteiger partial charge in [-0.25, -0.2) is 0 Å². The normalized spacial score (nSPS) is 12.0. The maximum Gasteiger partial charge on any atom is 0.288 e. The third-order valence-corrected chi connectivity index (χ3v) is 2.93. The molecule has 1 aromatic carbocycles. The van der Waals surface area contributed by atoms with Crippen LogP contribution in [0.4, 0.5) is 5.69 Å². The van der Waals surface area contributed by atoms with E-state index in [1.165, 1.54) is 12.1 Å². The molecule has 0 heterocycles. The molecule has 20 heavy (non-hydrogen) atoms. The van der Waals surface area contributed by atoms with Crippen molar-refractivity contribution in [1.29, 1.82) is 0 Å². The van der Waals surface area contributed by atoms with Crippen LogP contribution in [0, 0.1) is 16.0 Å². The summed E-state index contributed by atoms with van der Waals surface area (Å²) in [5, 5.41) is 23.7. The summed E-state index contributed by atoms with van der Waals surface area (Å²) in [5.41, 5.74) is -0.470. The van der Waals surface area contributed by atoms with E-state index >= 15 is 0 Å². The number of carboxylic acid groups (broad SMARTS) is 1. The summed E-state index contributed by atoms with van der Waals surface area (Å²) in [6.45, 7) is 3.20. The molecule has 0 aliphatic carbocycles. The Morgan fingerprint density at radius 2 is 1.95 bits per heavy atom. The molecule has 7 nitrogen and oxygen atoms in total. The first-order valence-electron chi connectivity index (χ1n) is 5.69. The highest BCUT2D eigenvalue weighted by Gasteiger charge is 2.21. The molecule has 108 valence electrons. The van der Waals surface area contributed by atoms with Crippen LogP contribution in [-0.2, 0) is 4.79 Å². The van der Waals surface area contributed by atoms with Crippen molar-refractivity contribution in [3.05, 3.63) is 38.9 Å². The largest absolute Gasteiger partial charge is 0.548 e. The average molecular weight is 300 g/mol. The number of carbonyl (C=O) groups excluding carboxylic acids is 2. The smallest absolute Gasteiger partial charge is 0.288 e. The highest BCUT2D eigenvalue weighted by Crippen LogP contribution is 2.25. The minimum absolute atomic E-state index is 0.0481. The Bertz CT molecular complexity index is 559. The minimum atomic E-state index is -1.42. The van der Waals surface area contributed by atoms with Gasteiger partial charge in [0.25, 0.3) is 11.6 Å². The standard InChI is InChI=1S/C12H13ClN2O5/c1-6(2)10(12(17)18)14-11(16)7-3-4-8(13)9(5-7)15(19)20/h3-6,10H,1-2H3,(H,14,16)(H,17,18)/p-1/t10-/m0/s1. The van der Waals surface area contributed by atoms with Crippen LogP contribution in [0.25, 0.3) is 0 Å². The Balaban J connectivity index is 3.01. The second kappa shape index (κ2) is 6.33. The number of nitrogens with zero attached hydrogens (tertiary/aromatic N) is 1. The highest BCUT2D eigenvalue weighted by atomic mass is 35.5. The molecule has 0 radical (unpaired) electrons. The summed E-state index contributed by atoms with van der Waals surface area (Å²) in [6.07, 6.45) is 0. The predicted octanol–water partition coefficient (Wildman–Crippen LogP) is 0.752. The Labute approximate surface area is 119 Å². The lowest BCUT2D eigenvalue weighted by atomic mass is 10.0. The number of amides is 1. The van der Waals surface area contributed by atoms with E-state index in [4.69, 9.17) is 11.6 Å². The molecule has 1 aromatic rings. The first kappa shape index (κ1) is 15.9. The lowest BCUT2D eigenvalue weighted by Gasteiger charge is -2.23. The molecular formula is C12H12ClN2O5-. The molecule has 1 N–H and O–H groups in total. The van der Waals surface area contributed by atoms with Crippen molar-refractivity contribution in [2.75, 3.05) is 0 Å². The van der Waals surface area contributed by atoms with Gasteiger partial charge in [0.1, 0.15) is 5.02 Å². The number of benzene rings is 1. The van der Waals surface area contributed by atoms with Crippen molar-refractivity contribution in [1.82, 2.24) is 5.32 Å². The van der Waals surface area contributed by atoms with Crippen LogP contribution >= 0.6 is 11.6 Å². The molecule has 0 unspecified atom stereocenters. The van der Waals surface area contributed by atoms with Crippen LogP contribution in [0.2, 0.25) is 5.02 Å². The van der Waals surface area contributed by atoms with Crippen LogP contribution in [0.15, 0.2) is 18.2 Å². The molecule has 0 aromatic heterocycles. The third kappa shape index (κ3) is 3.67. The van der Waals surface area contributed by atoms with Crippen LogP contribution in [-0.4, -0.2) is 22.8 Å². The maximum absolute atomic E-state index is 11.9. The van der Waals surface area contributed by atoms with Crippen molar-refractivity contribution in [3.8, 4) is 0 Å². The van der Waals surface area contributed by atoms with Crippen LogP contribution in [0.5, 0.6) is 0 Å². The summed E-state index contributed by atoms with van der Waals surface area (Å²) in [5.74, 6) is -2.55. The summed E-state index contributed by atoms with van der Waals surface area (Å²) in [6, 6.07) is 2.29. The zero-order valence-electron chi connectivity index (χ0n) is 10.8. The van der Waals surface area contributed by atoms with Gasteiger partial charge in [-0.05, 0) is 18.1 Å². The van der Waals surface area contributed by atoms with Gasteiger partial charge < -0.3 is 15.2 Å². The van der Waals surface area contributed by atoms with Gasteiger partial charge in [0, 0.05) is 11.6 Å². The fourth-order valence-electron chi connectivity index (χ4n) is 1.52. The minimum Gasteiger partial charge on any atom is -0.548 e.